The van der Waals surface area contributed by atoms with Gasteiger partial charge in [0.15, 0.2) is 5.82 Å². The van der Waals surface area contributed by atoms with Gasteiger partial charge < -0.3 is 10.2 Å². The summed E-state index contributed by atoms with van der Waals surface area (Å²) in [5, 5.41) is 17.4. The van der Waals surface area contributed by atoms with Crippen LogP contribution in [0.5, 0.6) is 0 Å². The van der Waals surface area contributed by atoms with Crippen LogP contribution in [-0.4, -0.2) is 57.6 Å². The molecule has 7 heteroatoms. The number of likely N-dealkylation sites (N-methyl/N-ethyl adjacent to an activating group) is 1. The first-order valence-corrected chi connectivity index (χ1v) is 7.33. The Kier molecular flexibility index (Phi) is 3.45. The highest BCUT2D eigenvalue weighted by molar-refractivity contribution is 5.88. The van der Waals surface area contributed by atoms with E-state index >= 15 is 0 Å². The topological polar surface area (TPSA) is 86.8 Å². The number of amides is 1. The van der Waals surface area contributed by atoms with E-state index in [1.165, 1.54) is 0 Å². The van der Waals surface area contributed by atoms with Crippen molar-refractivity contribution in [1.29, 1.82) is 0 Å². The molecule has 0 spiro atoms. The minimum Gasteiger partial charge on any atom is -0.351 e. The van der Waals surface area contributed by atoms with Crippen LogP contribution in [0.3, 0.4) is 0 Å². The van der Waals surface area contributed by atoms with Gasteiger partial charge in [0, 0.05) is 12.6 Å². The number of rotatable bonds is 3. The van der Waals surface area contributed by atoms with Crippen molar-refractivity contribution >= 4 is 5.91 Å². The van der Waals surface area contributed by atoms with Crippen LogP contribution < -0.4 is 5.32 Å². The summed E-state index contributed by atoms with van der Waals surface area (Å²) in [4.78, 5) is 15.0. The van der Waals surface area contributed by atoms with Crippen molar-refractivity contribution in [3.05, 3.63) is 5.82 Å². The molecule has 2 heterocycles. The van der Waals surface area contributed by atoms with E-state index in [4.69, 9.17) is 0 Å². The highest BCUT2D eigenvalue weighted by Crippen LogP contribution is 2.46. The van der Waals surface area contributed by atoms with E-state index in [2.05, 4.69) is 44.8 Å². The summed E-state index contributed by atoms with van der Waals surface area (Å²) in [6.45, 7) is 4.18. The zero-order valence-electron chi connectivity index (χ0n) is 12.1. The van der Waals surface area contributed by atoms with E-state index in [1.807, 2.05) is 0 Å². The van der Waals surface area contributed by atoms with Crippen molar-refractivity contribution in [3.63, 3.8) is 0 Å². The maximum absolute atomic E-state index is 12.7. The number of carbonyl (C=O) groups excluding carboxylic acids is 1. The summed E-state index contributed by atoms with van der Waals surface area (Å²) in [6.07, 6.45) is 3.79. The third-order valence-corrected chi connectivity index (χ3v) is 4.56. The molecule has 0 bridgehead atoms. The van der Waals surface area contributed by atoms with Crippen molar-refractivity contribution in [2.45, 2.75) is 44.1 Å². The van der Waals surface area contributed by atoms with Gasteiger partial charge in [0.05, 0.1) is 0 Å². The molecule has 1 aromatic rings. The molecule has 2 fully saturated rings. The van der Waals surface area contributed by atoms with Crippen LogP contribution in [0.15, 0.2) is 0 Å². The minimum atomic E-state index is -0.567. The van der Waals surface area contributed by atoms with Gasteiger partial charge in [0.2, 0.25) is 5.91 Å². The van der Waals surface area contributed by atoms with E-state index in [1.54, 1.807) is 0 Å². The lowest BCUT2D eigenvalue weighted by Gasteiger charge is -2.43. The molecule has 110 valence electrons. The number of nitrogens with zero attached hydrogens (tertiary/aromatic N) is 4. The van der Waals surface area contributed by atoms with Crippen LogP contribution in [-0.2, 0) is 10.2 Å². The molecule has 1 aliphatic carbocycles. The van der Waals surface area contributed by atoms with Gasteiger partial charge in [-0.15, -0.1) is 10.2 Å². The zero-order chi connectivity index (χ0) is 14.2. The van der Waals surface area contributed by atoms with Crippen LogP contribution in [0.25, 0.3) is 0 Å². The SMILES string of the molecule is CC1CC(C(=O)N[C@@H]2CCCN(C)C2)(c2nn[nH]n2)C1. The predicted octanol–water partition coefficient (Wildman–Crippen LogP) is 0.0778. The second-order valence-corrected chi connectivity index (χ2v) is 6.41. The Morgan fingerprint density at radius 2 is 2.30 bits per heavy atom. The van der Waals surface area contributed by atoms with Crippen molar-refractivity contribution in [3.8, 4) is 0 Å². The number of hydrogen-bond acceptors (Lipinski definition) is 5. The summed E-state index contributed by atoms with van der Waals surface area (Å²) in [5.41, 5.74) is -0.567. The number of H-pyrrole nitrogens is 1. The van der Waals surface area contributed by atoms with Crippen LogP contribution in [0, 0.1) is 5.92 Å². The largest absolute Gasteiger partial charge is 0.351 e. The Balaban J connectivity index is 1.71. The number of aromatic amines is 1. The molecule has 1 aromatic heterocycles. The average Bonchev–Trinajstić information content (AvgIpc) is 2.88. The molecule has 1 atom stereocenters. The molecule has 3 rings (SSSR count). The van der Waals surface area contributed by atoms with Crippen molar-refractivity contribution in [2.75, 3.05) is 20.1 Å². The number of piperidine rings is 1. The summed E-state index contributed by atoms with van der Waals surface area (Å²) in [6, 6.07) is 0.237. The van der Waals surface area contributed by atoms with E-state index in [0.717, 1.165) is 38.8 Å². The Morgan fingerprint density at radius 3 is 2.90 bits per heavy atom. The van der Waals surface area contributed by atoms with Crippen LogP contribution >= 0.6 is 0 Å². The summed E-state index contributed by atoms with van der Waals surface area (Å²) in [7, 11) is 2.10. The molecule has 2 N–H and O–H groups in total. The molecular weight excluding hydrogens is 256 g/mol. The van der Waals surface area contributed by atoms with Crippen molar-refractivity contribution in [1.82, 2.24) is 30.8 Å². The van der Waals surface area contributed by atoms with E-state index < -0.39 is 5.41 Å². The molecule has 0 unspecified atom stereocenters. The normalized spacial score (nSPS) is 34.5. The van der Waals surface area contributed by atoms with Gasteiger partial charge >= 0.3 is 0 Å². The average molecular weight is 278 g/mol. The predicted molar refractivity (Wildman–Crippen MR) is 72.9 cm³/mol. The van der Waals surface area contributed by atoms with Crippen LogP contribution in [0.2, 0.25) is 0 Å². The minimum absolute atomic E-state index is 0.0669. The summed E-state index contributed by atoms with van der Waals surface area (Å²) < 4.78 is 0. The van der Waals surface area contributed by atoms with Crippen LogP contribution in [0.4, 0.5) is 0 Å². The lowest BCUT2D eigenvalue weighted by molar-refractivity contribution is -0.133. The second kappa shape index (κ2) is 5.12. The van der Waals surface area contributed by atoms with E-state index in [0.29, 0.717) is 11.7 Å². The van der Waals surface area contributed by atoms with E-state index in [9.17, 15) is 4.79 Å². The highest BCUT2D eigenvalue weighted by atomic mass is 16.2. The summed E-state index contributed by atoms with van der Waals surface area (Å²) in [5.74, 6) is 1.14. The third kappa shape index (κ3) is 2.30. The Bertz CT molecular complexity index is 467. The fraction of sp³-hybridized carbons (Fsp3) is 0.846. The van der Waals surface area contributed by atoms with Gasteiger partial charge in [-0.1, -0.05) is 12.1 Å². The quantitative estimate of drug-likeness (QED) is 0.817. The van der Waals surface area contributed by atoms with Gasteiger partial charge in [0.25, 0.3) is 0 Å². The van der Waals surface area contributed by atoms with Gasteiger partial charge in [-0.2, -0.15) is 5.21 Å². The zero-order valence-corrected chi connectivity index (χ0v) is 12.1. The molecular formula is C13H22N6O. The molecule has 20 heavy (non-hydrogen) atoms. The first kappa shape index (κ1) is 13.5. The van der Waals surface area contributed by atoms with Gasteiger partial charge in [-0.05, 0) is 45.2 Å². The number of likely N-dealkylation sites (tertiary alicyclic amines) is 1. The summed E-state index contributed by atoms with van der Waals surface area (Å²) >= 11 is 0. The Labute approximate surface area is 118 Å². The number of nitrogens with one attached hydrogen (secondary N) is 2. The molecule has 7 nitrogen and oxygen atoms in total. The maximum atomic E-state index is 12.7. The molecule has 1 amide bonds. The molecule has 0 radical (unpaired) electrons. The first-order valence-electron chi connectivity index (χ1n) is 7.33. The fourth-order valence-corrected chi connectivity index (χ4v) is 3.57. The fourth-order valence-electron chi connectivity index (χ4n) is 3.57. The molecule has 2 aliphatic rings. The number of hydrogen-bond donors (Lipinski definition) is 2. The first-order chi connectivity index (χ1) is 9.60. The van der Waals surface area contributed by atoms with Gasteiger partial charge in [-0.3, -0.25) is 4.79 Å². The molecule has 1 saturated heterocycles. The monoisotopic (exact) mass is 278 g/mol. The molecule has 1 saturated carbocycles. The number of tetrazole rings is 1. The second-order valence-electron chi connectivity index (χ2n) is 6.41. The standard InChI is InChI=1S/C13H22N6O/c1-9-6-13(7-9,11-15-17-18-16-11)12(20)14-10-4-3-5-19(2)8-10/h9-10H,3-8H2,1-2H3,(H,14,20)(H,15,16,17,18)/t9?,10-,13?/m1/s1. The van der Waals surface area contributed by atoms with Crippen molar-refractivity contribution < 1.29 is 4.79 Å². The van der Waals surface area contributed by atoms with Crippen molar-refractivity contribution in [2.24, 2.45) is 5.92 Å². The lowest BCUT2D eigenvalue weighted by Crippen LogP contribution is -2.57. The van der Waals surface area contributed by atoms with Crippen LogP contribution in [0.1, 0.15) is 38.4 Å². The van der Waals surface area contributed by atoms with Gasteiger partial charge in [-0.25, -0.2) is 0 Å². The smallest absolute Gasteiger partial charge is 0.234 e. The highest BCUT2D eigenvalue weighted by Gasteiger charge is 2.53. The maximum Gasteiger partial charge on any atom is 0.234 e. The number of aromatic nitrogens is 4. The Hall–Kier alpha value is -1.50. The van der Waals surface area contributed by atoms with E-state index in [-0.39, 0.29) is 11.9 Å². The molecule has 0 aromatic carbocycles. The number of carbonyl (C=O) groups is 1. The lowest BCUT2D eigenvalue weighted by atomic mass is 9.61. The Morgan fingerprint density at radius 1 is 1.50 bits per heavy atom. The third-order valence-electron chi connectivity index (χ3n) is 4.56. The van der Waals surface area contributed by atoms with Gasteiger partial charge in [0.1, 0.15) is 5.41 Å². The molecule has 1 aliphatic heterocycles.